The van der Waals surface area contributed by atoms with Gasteiger partial charge in [0.25, 0.3) is 5.91 Å². The van der Waals surface area contributed by atoms with Gasteiger partial charge in [0.1, 0.15) is 10.7 Å². The summed E-state index contributed by atoms with van der Waals surface area (Å²) in [6.07, 6.45) is 1.15. The van der Waals surface area contributed by atoms with Crippen LogP contribution in [0.1, 0.15) is 34.5 Å². The summed E-state index contributed by atoms with van der Waals surface area (Å²) >= 11 is 1.47. The minimum Gasteiger partial charge on any atom is -0.337 e. The number of rotatable bonds is 5. The molecular weight excluding hydrogens is 430 g/mol. The van der Waals surface area contributed by atoms with Crippen LogP contribution in [0.5, 0.6) is 0 Å². The first-order valence-electron chi connectivity index (χ1n) is 10.2. The number of carbonyl (C=O) groups is 1. The Morgan fingerprint density at radius 3 is 2.48 bits per heavy atom. The molecule has 0 radical (unpaired) electrons. The van der Waals surface area contributed by atoms with Gasteiger partial charge in [0.05, 0.1) is 4.90 Å². The van der Waals surface area contributed by atoms with Gasteiger partial charge in [0, 0.05) is 30.1 Å². The Morgan fingerprint density at radius 2 is 1.81 bits per heavy atom. The van der Waals surface area contributed by atoms with E-state index in [0.717, 1.165) is 16.1 Å². The predicted molar refractivity (Wildman–Crippen MR) is 123 cm³/mol. The Bertz CT molecular complexity index is 1180. The lowest BCUT2D eigenvalue weighted by Crippen LogP contribution is -2.46. The fourth-order valence-corrected chi connectivity index (χ4v) is 6.01. The van der Waals surface area contributed by atoms with Crippen molar-refractivity contribution in [2.24, 2.45) is 0 Å². The molecule has 6 nitrogen and oxygen atoms in total. The minimum atomic E-state index is -3.55. The standard InChI is InChI=1S/C23H25N3O3S2/c1-16-8-9-20(17(2)14-16)22-24-21(15-30-22)23(27)26-12-10-18(11-13-26)25-31(28,29)19-6-4-3-5-7-19/h3-9,14-15,18,25H,10-13H2,1-2H3. The molecule has 0 spiro atoms. The number of piperidine rings is 1. The molecule has 0 bridgehead atoms. The number of hydrogen-bond donors (Lipinski definition) is 1. The molecule has 2 aromatic carbocycles. The Labute approximate surface area is 187 Å². The van der Waals surface area contributed by atoms with E-state index < -0.39 is 10.0 Å². The van der Waals surface area contributed by atoms with Crippen LogP contribution in [0.4, 0.5) is 0 Å². The molecule has 31 heavy (non-hydrogen) atoms. The van der Waals surface area contributed by atoms with E-state index in [0.29, 0.717) is 31.6 Å². The summed E-state index contributed by atoms with van der Waals surface area (Å²) in [7, 11) is -3.55. The van der Waals surface area contributed by atoms with Crippen LogP contribution < -0.4 is 4.72 Å². The van der Waals surface area contributed by atoms with Crippen molar-refractivity contribution in [2.45, 2.75) is 37.6 Å². The molecule has 0 atom stereocenters. The average Bonchev–Trinajstić information content (AvgIpc) is 3.24. The van der Waals surface area contributed by atoms with Gasteiger partial charge in [-0.3, -0.25) is 4.79 Å². The number of nitrogens with zero attached hydrogens (tertiary/aromatic N) is 2. The Balaban J connectivity index is 1.38. The van der Waals surface area contributed by atoms with Crippen LogP contribution in [0, 0.1) is 13.8 Å². The molecule has 1 saturated heterocycles. The van der Waals surface area contributed by atoms with Crippen LogP contribution in [-0.4, -0.2) is 43.3 Å². The molecule has 1 N–H and O–H groups in total. The van der Waals surface area contributed by atoms with Crippen LogP contribution in [0.3, 0.4) is 0 Å². The maximum absolute atomic E-state index is 12.9. The fraction of sp³-hybridized carbons (Fsp3) is 0.304. The number of aryl methyl sites for hydroxylation is 2. The molecule has 2 heterocycles. The third kappa shape index (κ3) is 4.87. The molecule has 8 heteroatoms. The van der Waals surface area contributed by atoms with Crippen molar-refractivity contribution in [1.82, 2.24) is 14.6 Å². The molecule has 1 aliphatic heterocycles. The number of hydrogen-bond acceptors (Lipinski definition) is 5. The molecule has 0 aliphatic carbocycles. The molecule has 1 amide bonds. The second-order valence-electron chi connectivity index (χ2n) is 7.86. The minimum absolute atomic E-state index is 0.100. The first-order valence-corrected chi connectivity index (χ1v) is 12.6. The van der Waals surface area contributed by atoms with E-state index in [4.69, 9.17) is 0 Å². The lowest BCUT2D eigenvalue weighted by Gasteiger charge is -2.31. The van der Waals surface area contributed by atoms with Gasteiger partial charge in [-0.1, -0.05) is 42.0 Å². The van der Waals surface area contributed by atoms with E-state index in [1.54, 1.807) is 40.6 Å². The quantitative estimate of drug-likeness (QED) is 0.630. The summed E-state index contributed by atoms with van der Waals surface area (Å²) < 4.78 is 27.8. The Kier molecular flexibility index (Phi) is 6.22. The van der Waals surface area contributed by atoms with E-state index in [9.17, 15) is 13.2 Å². The highest BCUT2D eigenvalue weighted by Crippen LogP contribution is 2.28. The predicted octanol–water partition coefficient (Wildman–Crippen LogP) is 4.01. The number of amides is 1. The zero-order valence-electron chi connectivity index (χ0n) is 17.5. The van der Waals surface area contributed by atoms with Crippen molar-refractivity contribution in [3.05, 3.63) is 70.7 Å². The van der Waals surface area contributed by atoms with Crippen LogP contribution >= 0.6 is 11.3 Å². The van der Waals surface area contributed by atoms with Gasteiger partial charge in [0.15, 0.2) is 0 Å². The summed E-state index contributed by atoms with van der Waals surface area (Å²) in [6, 6.07) is 14.4. The van der Waals surface area contributed by atoms with Crippen molar-refractivity contribution >= 4 is 27.3 Å². The van der Waals surface area contributed by atoms with Gasteiger partial charge in [-0.15, -0.1) is 11.3 Å². The number of thiazole rings is 1. The number of benzene rings is 2. The van der Waals surface area contributed by atoms with Crippen LogP contribution in [-0.2, 0) is 10.0 Å². The lowest BCUT2D eigenvalue weighted by molar-refractivity contribution is 0.0706. The Morgan fingerprint density at radius 1 is 1.10 bits per heavy atom. The highest BCUT2D eigenvalue weighted by atomic mass is 32.2. The summed E-state index contributed by atoms with van der Waals surface area (Å²) in [5.41, 5.74) is 3.83. The largest absolute Gasteiger partial charge is 0.337 e. The monoisotopic (exact) mass is 455 g/mol. The van der Waals surface area contributed by atoms with E-state index in [-0.39, 0.29) is 16.8 Å². The van der Waals surface area contributed by atoms with Crippen molar-refractivity contribution in [1.29, 1.82) is 0 Å². The maximum atomic E-state index is 12.9. The summed E-state index contributed by atoms with van der Waals surface area (Å²) in [4.78, 5) is 19.5. The summed E-state index contributed by atoms with van der Waals surface area (Å²) in [5.74, 6) is -0.100. The van der Waals surface area contributed by atoms with Gasteiger partial charge in [-0.25, -0.2) is 18.1 Å². The zero-order valence-corrected chi connectivity index (χ0v) is 19.2. The summed E-state index contributed by atoms with van der Waals surface area (Å²) in [5, 5.41) is 2.65. The molecule has 1 aromatic heterocycles. The molecule has 3 aromatic rings. The molecular formula is C23H25N3O3S2. The number of likely N-dealkylation sites (tertiary alicyclic amines) is 1. The second-order valence-corrected chi connectivity index (χ2v) is 10.4. The van der Waals surface area contributed by atoms with Crippen molar-refractivity contribution in [2.75, 3.05) is 13.1 Å². The van der Waals surface area contributed by atoms with Crippen LogP contribution in [0.15, 0.2) is 58.8 Å². The smallest absolute Gasteiger partial charge is 0.273 e. The Hall–Kier alpha value is -2.55. The van der Waals surface area contributed by atoms with Crippen molar-refractivity contribution in [3.8, 4) is 10.6 Å². The van der Waals surface area contributed by atoms with E-state index in [1.807, 2.05) is 19.1 Å². The van der Waals surface area contributed by atoms with Crippen molar-refractivity contribution in [3.63, 3.8) is 0 Å². The molecule has 162 valence electrons. The third-order valence-electron chi connectivity index (χ3n) is 5.49. The average molecular weight is 456 g/mol. The number of sulfonamides is 1. The number of nitrogens with one attached hydrogen (secondary N) is 1. The molecule has 0 unspecified atom stereocenters. The molecule has 1 fully saturated rings. The highest BCUT2D eigenvalue weighted by molar-refractivity contribution is 7.89. The van der Waals surface area contributed by atoms with E-state index in [1.165, 1.54) is 16.9 Å². The third-order valence-corrected chi connectivity index (χ3v) is 7.91. The van der Waals surface area contributed by atoms with E-state index in [2.05, 4.69) is 22.7 Å². The number of aromatic nitrogens is 1. The normalized spacial score (nSPS) is 15.2. The zero-order chi connectivity index (χ0) is 22.0. The topological polar surface area (TPSA) is 79.4 Å². The van der Waals surface area contributed by atoms with Gasteiger partial charge < -0.3 is 4.90 Å². The summed E-state index contributed by atoms with van der Waals surface area (Å²) in [6.45, 7) is 5.10. The van der Waals surface area contributed by atoms with Crippen LogP contribution in [0.2, 0.25) is 0 Å². The maximum Gasteiger partial charge on any atom is 0.273 e. The van der Waals surface area contributed by atoms with Gasteiger partial charge in [0.2, 0.25) is 10.0 Å². The SMILES string of the molecule is Cc1ccc(-c2nc(C(=O)N3CCC(NS(=O)(=O)c4ccccc4)CC3)cs2)c(C)c1. The lowest BCUT2D eigenvalue weighted by atomic mass is 10.1. The highest BCUT2D eigenvalue weighted by Gasteiger charge is 2.28. The van der Waals surface area contributed by atoms with Gasteiger partial charge in [-0.2, -0.15) is 0 Å². The number of carbonyl (C=O) groups excluding carboxylic acids is 1. The molecule has 0 saturated carbocycles. The fourth-order valence-electron chi connectivity index (χ4n) is 3.80. The van der Waals surface area contributed by atoms with Crippen molar-refractivity contribution < 1.29 is 13.2 Å². The van der Waals surface area contributed by atoms with Crippen LogP contribution in [0.25, 0.3) is 10.6 Å². The molecule has 1 aliphatic rings. The first kappa shape index (κ1) is 21.7. The van der Waals surface area contributed by atoms with E-state index >= 15 is 0 Å². The van der Waals surface area contributed by atoms with Gasteiger partial charge >= 0.3 is 0 Å². The first-order chi connectivity index (χ1) is 14.8. The second kappa shape index (κ2) is 8.90. The van der Waals surface area contributed by atoms with Gasteiger partial charge in [-0.05, 0) is 44.4 Å². The molecule has 4 rings (SSSR count).